The van der Waals surface area contributed by atoms with Gasteiger partial charge in [0, 0.05) is 29.8 Å². The molecular weight excluding hydrogens is 411 g/mol. The van der Waals surface area contributed by atoms with Crippen LogP contribution < -0.4 is 11.1 Å². The summed E-state index contributed by atoms with van der Waals surface area (Å²) in [7, 11) is 0. The first kappa shape index (κ1) is 20.6. The number of aromatic nitrogens is 3. The van der Waals surface area contributed by atoms with Crippen molar-refractivity contribution in [1.29, 1.82) is 0 Å². The van der Waals surface area contributed by atoms with Crippen LogP contribution in [0.5, 0.6) is 5.75 Å². The van der Waals surface area contributed by atoms with Crippen LogP contribution in [0.25, 0.3) is 11.3 Å². The maximum atomic E-state index is 14.2. The summed E-state index contributed by atoms with van der Waals surface area (Å²) in [4.78, 5) is 15.5. The average molecular weight is 429 g/mol. The fourth-order valence-electron chi connectivity index (χ4n) is 3.77. The minimum Gasteiger partial charge on any atom is -0.507 e. The molecule has 0 radical (unpaired) electrons. The van der Waals surface area contributed by atoms with E-state index in [1.54, 1.807) is 0 Å². The van der Waals surface area contributed by atoms with Crippen molar-refractivity contribution >= 4 is 11.7 Å². The second-order valence-corrected chi connectivity index (χ2v) is 7.49. The summed E-state index contributed by atoms with van der Waals surface area (Å²) in [5, 5.41) is 20.6. The van der Waals surface area contributed by atoms with E-state index < -0.39 is 34.9 Å². The van der Waals surface area contributed by atoms with Crippen LogP contribution in [0.4, 0.5) is 19.0 Å². The van der Waals surface area contributed by atoms with Gasteiger partial charge in [0.25, 0.3) is 5.91 Å². The fourth-order valence-corrected chi connectivity index (χ4v) is 3.77. The molecule has 1 aromatic carbocycles. The molecule has 1 fully saturated rings. The number of carbonyl (C=O) groups is 1. The Kier molecular flexibility index (Phi) is 5.22. The molecule has 31 heavy (non-hydrogen) atoms. The molecule has 1 aliphatic rings. The standard InChI is InChI=1S/C21H18F3N5O2/c22-11-8-21(9-11,19-14(23)2-1-5-26-19)10-27-18-4-3-16(28-29-18)12-6-13(20(25)31)17(30)7-15(12)24/h1-7,11,30H,8-10H2,(H2,25,31)(H,27,29)/t11-,21-. The van der Waals surface area contributed by atoms with Crippen molar-refractivity contribution < 1.29 is 23.1 Å². The lowest BCUT2D eigenvalue weighted by Gasteiger charge is -2.44. The van der Waals surface area contributed by atoms with Crippen molar-refractivity contribution in [2.24, 2.45) is 5.73 Å². The van der Waals surface area contributed by atoms with E-state index in [0.717, 1.165) is 12.1 Å². The van der Waals surface area contributed by atoms with Crippen molar-refractivity contribution in [2.75, 3.05) is 11.9 Å². The van der Waals surface area contributed by atoms with Crippen LogP contribution >= 0.6 is 0 Å². The number of nitrogens with one attached hydrogen (secondary N) is 1. The van der Waals surface area contributed by atoms with E-state index in [4.69, 9.17) is 5.73 Å². The van der Waals surface area contributed by atoms with Crippen molar-refractivity contribution in [3.05, 3.63) is 65.5 Å². The van der Waals surface area contributed by atoms with Gasteiger partial charge in [-0.1, -0.05) is 0 Å². The van der Waals surface area contributed by atoms with Gasteiger partial charge in [0.2, 0.25) is 0 Å². The predicted octanol–water partition coefficient (Wildman–Crippen LogP) is 3.10. The number of anilines is 1. The largest absolute Gasteiger partial charge is 0.507 e. The van der Waals surface area contributed by atoms with Gasteiger partial charge in [-0.15, -0.1) is 10.2 Å². The third-order valence-electron chi connectivity index (χ3n) is 5.38. The number of halogens is 3. The molecule has 0 unspecified atom stereocenters. The zero-order chi connectivity index (χ0) is 22.2. The molecule has 0 aliphatic heterocycles. The summed E-state index contributed by atoms with van der Waals surface area (Å²) in [6.07, 6.45) is 0.697. The maximum Gasteiger partial charge on any atom is 0.252 e. The summed E-state index contributed by atoms with van der Waals surface area (Å²) < 4.78 is 42.1. The first-order valence-corrected chi connectivity index (χ1v) is 9.44. The highest BCUT2D eigenvalue weighted by molar-refractivity contribution is 5.96. The third kappa shape index (κ3) is 3.88. The molecule has 2 heterocycles. The molecule has 0 bridgehead atoms. The molecule has 7 nitrogen and oxygen atoms in total. The number of phenols is 1. The van der Waals surface area contributed by atoms with Crippen LogP contribution in [0.2, 0.25) is 0 Å². The van der Waals surface area contributed by atoms with E-state index in [2.05, 4.69) is 20.5 Å². The number of amides is 1. The molecule has 0 saturated heterocycles. The fraction of sp³-hybridized carbons (Fsp3) is 0.238. The van der Waals surface area contributed by atoms with Crippen LogP contribution in [-0.4, -0.2) is 38.9 Å². The van der Waals surface area contributed by atoms with Gasteiger partial charge < -0.3 is 16.2 Å². The number of hydrogen-bond acceptors (Lipinski definition) is 6. The maximum absolute atomic E-state index is 14.2. The van der Waals surface area contributed by atoms with Crippen LogP contribution in [-0.2, 0) is 5.41 Å². The lowest BCUT2D eigenvalue weighted by atomic mass is 9.65. The van der Waals surface area contributed by atoms with E-state index in [1.807, 2.05) is 0 Å². The average Bonchev–Trinajstić information content (AvgIpc) is 2.71. The lowest BCUT2D eigenvalue weighted by molar-refractivity contribution is 0.0963. The summed E-state index contributed by atoms with van der Waals surface area (Å²) >= 11 is 0. The van der Waals surface area contributed by atoms with Crippen molar-refractivity contribution in [3.63, 3.8) is 0 Å². The molecule has 1 saturated carbocycles. The Balaban J connectivity index is 1.54. The normalized spacial score (nSPS) is 20.2. The molecule has 0 atom stereocenters. The van der Waals surface area contributed by atoms with E-state index in [0.29, 0.717) is 5.82 Å². The lowest BCUT2D eigenvalue weighted by Crippen LogP contribution is -2.49. The van der Waals surface area contributed by atoms with Gasteiger partial charge in [0.15, 0.2) is 0 Å². The number of carbonyl (C=O) groups excluding carboxylic acids is 1. The number of nitrogens with zero attached hydrogens (tertiary/aromatic N) is 3. The van der Waals surface area contributed by atoms with E-state index in [1.165, 1.54) is 30.5 Å². The monoisotopic (exact) mass is 429 g/mol. The Morgan fingerprint density at radius 1 is 1.19 bits per heavy atom. The first-order valence-electron chi connectivity index (χ1n) is 9.44. The van der Waals surface area contributed by atoms with Crippen LogP contribution in [0.3, 0.4) is 0 Å². The highest BCUT2D eigenvalue weighted by Crippen LogP contribution is 2.45. The summed E-state index contributed by atoms with van der Waals surface area (Å²) in [6.45, 7) is 0.189. The molecule has 2 aromatic heterocycles. The number of hydrogen-bond donors (Lipinski definition) is 3. The second kappa shape index (κ2) is 7.86. The Morgan fingerprint density at radius 3 is 2.58 bits per heavy atom. The number of nitrogens with two attached hydrogens (primary N) is 1. The van der Waals surface area contributed by atoms with Crippen LogP contribution in [0.15, 0.2) is 42.6 Å². The summed E-state index contributed by atoms with van der Waals surface area (Å²) in [5.74, 6) is -2.46. The van der Waals surface area contributed by atoms with E-state index in [9.17, 15) is 23.1 Å². The summed E-state index contributed by atoms with van der Waals surface area (Å²) in [5.41, 5.74) is 4.39. The Morgan fingerprint density at radius 2 is 1.97 bits per heavy atom. The molecule has 1 amide bonds. The zero-order valence-corrected chi connectivity index (χ0v) is 16.1. The van der Waals surface area contributed by atoms with E-state index in [-0.39, 0.29) is 41.9 Å². The smallest absolute Gasteiger partial charge is 0.252 e. The molecule has 4 rings (SSSR count). The summed E-state index contributed by atoms with van der Waals surface area (Å²) in [6, 6.07) is 7.62. The van der Waals surface area contributed by atoms with Gasteiger partial charge in [-0.2, -0.15) is 0 Å². The zero-order valence-electron chi connectivity index (χ0n) is 16.1. The number of aromatic hydroxyl groups is 1. The Hall–Kier alpha value is -3.69. The SMILES string of the molecule is NC(=O)c1cc(-c2ccc(NC[C@]3(c4ncccc4F)C[C@H](F)C3)nn2)c(F)cc1O. The Bertz CT molecular complexity index is 1130. The number of benzene rings is 1. The predicted molar refractivity (Wildman–Crippen MR) is 106 cm³/mol. The van der Waals surface area contributed by atoms with Crippen LogP contribution in [0, 0.1) is 11.6 Å². The minimum atomic E-state index is -1.03. The third-order valence-corrected chi connectivity index (χ3v) is 5.38. The molecule has 1 aliphatic carbocycles. The minimum absolute atomic E-state index is 0.0584. The second-order valence-electron chi connectivity index (χ2n) is 7.49. The molecular formula is C21H18F3N5O2. The van der Waals surface area contributed by atoms with E-state index >= 15 is 0 Å². The van der Waals surface area contributed by atoms with Gasteiger partial charge in [0.05, 0.1) is 17.0 Å². The molecule has 0 spiro atoms. The van der Waals surface area contributed by atoms with Crippen molar-refractivity contribution in [2.45, 2.75) is 24.4 Å². The number of rotatable bonds is 6. The van der Waals surface area contributed by atoms with Gasteiger partial charge in [-0.25, -0.2) is 13.2 Å². The highest BCUT2D eigenvalue weighted by Gasteiger charge is 2.48. The van der Waals surface area contributed by atoms with Gasteiger partial charge in [0.1, 0.15) is 29.4 Å². The molecule has 3 aromatic rings. The van der Waals surface area contributed by atoms with Gasteiger partial charge in [-0.05, 0) is 43.2 Å². The number of primary amides is 1. The number of alkyl halides is 1. The van der Waals surface area contributed by atoms with Crippen molar-refractivity contribution in [1.82, 2.24) is 15.2 Å². The first-order chi connectivity index (χ1) is 14.8. The van der Waals surface area contributed by atoms with Crippen LogP contribution in [0.1, 0.15) is 28.9 Å². The quantitative estimate of drug-likeness (QED) is 0.555. The number of pyridine rings is 1. The molecule has 160 valence electrons. The van der Waals surface area contributed by atoms with Crippen molar-refractivity contribution in [3.8, 4) is 17.0 Å². The van der Waals surface area contributed by atoms with Gasteiger partial charge >= 0.3 is 0 Å². The highest BCUT2D eigenvalue weighted by atomic mass is 19.1. The van der Waals surface area contributed by atoms with Gasteiger partial charge in [-0.3, -0.25) is 9.78 Å². The molecule has 10 heteroatoms. The topological polar surface area (TPSA) is 114 Å². The Labute approximate surface area is 175 Å². The molecule has 4 N–H and O–H groups in total.